The summed E-state index contributed by atoms with van der Waals surface area (Å²) in [7, 11) is 0. The average Bonchev–Trinajstić information content (AvgIpc) is 2.32. The molecule has 94 valence electrons. The summed E-state index contributed by atoms with van der Waals surface area (Å²) < 4.78 is 0. The van der Waals surface area contributed by atoms with E-state index in [0.717, 1.165) is 18.9 Å². The van der Waals surface area contributed by atoms with Gasteiger partial charge in [0.1, 0.15) is 23.6 Å². The van der Waals surface area contributed by atoms with Crippen LogP contribution >= 0.6 is 0 Å². The quantitative estimate of drug-likeness (QED) is 0.636. The van der Waals surface area contributed by atoms with Gasteiger partial charge in [0, 0.05) is 12.6 Å². The number of nitrogens with one attached hydrogen (secondary N) is 1. The monoisotopic (exact) mass is 246 g/mol. The van der Waals surface area contributed by atoms with Crippen LogP contribution in [0.5, 0.6) is 0 Å². The van der Waals surface area contributed by atoms with Gasteiger partial charge in [-0.2, -0.15) is 5.26 Å². The van der Waals surface area contributed by atoms with Gasteiger partial charge in [0.25, 0.3) is 5.69 Å². The molecule has 1 heterocycles. The topological polar surface area (TPSA) is 91.8 Å². The predicted molar refractivity (Wildman–Crippen MR) is 66.1 cm³/mol. The van der Waals surface area contributed by atoms with Crippen LogP contribution in [-0.4, -0.2) is 16.5 Å². The Morgan fingerprint density at radius 3 is 2.94 bits per heavy atom. The maximum atomic E-state index is 10.6. The highest BCUT2D eigenvalue weighted by Crippen LogP contribution is 2.29. The molecule has 1 aromatic rings. The number of hydrogen-bond acceptors (Lipinski definition) is 5. The zero-order valence-electron chi connectivity index (χ0n) is 9.93. The summed E-state index contributed by atoms with van der Waals surface area (Å²) in [5, 5.41) is 22.6. The van der Waals surface area contributed by atoms with Gasteiger partial charge in [0.15, 0.2) is 0 Å². The molecule has 1 aliphatic carbocycles. The number of rotatable bonds is 5. The molecule has 2 rings (SSSR count). The van der Waals surface area contributed by atoms with E-state index >= 15 is 0 Å². The molecule has 1 aliphatic rings. The van der Waals surface area contributed by atoms with Crippen molar-refractivity contribution in [1.82, 2.24) is 4.98 Å². The van der Waals surface area contributed by atoms with Crippen molar-refractivity contribution in [3.05, 3.63) is 27.9 Å². The molecule has 0 unspecified atom stereocenters. The molecule has 0 atom stereocenters. The number of anilines is 1. The Balaban J connectivity index is 1.98. The molecule has 0 radical (unpaired) electrons. The van der Waals surface area contributed by atoms with Crippen molar-refractivity contribution in [2.24, 2.45) is 5.92 Å². The summed E-state index contributed by atoms with van der Waals surface area (Å²) in [6.07, 6.45) is 6.10. The van der Waals surface area contributed by atoms with Gasteiger partial charge in [0.2, 0.25) is 0 Å². The van der Waals surface area contributed by atoms with Crippen LogP contribution in [0, 0.1) is 27.4 Å². The lowest BCUT2D eigenvalue weighted by molar-refractivity contribution is -0.385. The van der Waals surface area contributed by atoms with E-state index in [-0.39, 0.29) is 11.3 Å². The van der Waals surface area contributed by atoms with Gasteiger partial charge >= 0.3 is 0 Å². The van der Waals surface area contributed by atoms with E-state index in [9.17, 15) is 10.1 Å². The second kappa shape index (κ2) is 5.45. The fourth-order valence-electron chi connectivity index (χ4n) is 1.96. The number of hydrogen-bond donors (Lipinski definition) is 1. The maximum absolute atomic E-state index is 10.6. The third kappa shape index (κ3) is 2.74. The number of nitrogens with zero attached hydrogens (tertiary/aromatic N) is 3. The van der Waals surface area contributed by atoms with E-state index in [1.807, 2.05) is 6.07 Å². The van der Waals surface area contributed by atoms with Crippen molar-refractivity contribution < 1.29 is 4.92 Å². The first kappa shape index (κ1) is 12.3. The van der Waals surface area contributed by atoms with Crippen LogP contribution in [0.4, 0.5) is 11.5 Å². The normalized spacial score (nSPS) is 14.6. The van der Waals surface area contributed by atoms with Crippen LogP contribution in [0.1, 0.15) is 31.2 Å². The number of aromatic nitrogens is 1. The number of pyridine rings is 1. The average molecular weight is 246 g/mol. The first-order valence-corrected chi connectivity index (χ1v) is 5.99. The van der Waals surface area contributed by atoms with Crippen LogP contribution in [0.15, 0.2) is 12.3 Å². The van der Waals surface area contributed by atoms with Crippen molar-refractivity contribution in [2.45, 2.75) is 25.7 Å². The Bertz CT molecular complexity index is 491. The molecule has 18 heavy (non-hydrogen) atoms. The molecule has 0 saturated heterocycles. The van der Waals surface area contributed by atoms with E-state index in [0.29, 0.717) is 5.82 Å². The summed E-state index contributed by atoms with van der Waals surface area (Å²) >= 11 is 0. The minimum Gasteiger partial charge on any atom is -0.369 e. The number of nitro groups is 1. The molecule has 6 nitrogen and oxygen atoms in total. The van der Waals surface area contributed by atoms with E-state index < -0.39 is 4.92 Å². The highest BCUT2D eigenvalue weighted by molar-refractivity contribution is 5.55. The van der Waals surface area contributed by atoms with Crippen LogP contribution in [-0.2, 0) is 0 Å². The van der Waals surface area contributed by atoms with Crippen molar-refractivity contribution in [3.63, 3.8) is 0 Å². The van der Waals surface area contributed by atoms with E-state index in [1.54, 1.807) is 0 Å². The minimum absolute atomic E-state index is 0.156. The summed E-state index contributed by atoms with van der Waals surface area (Å²) in [5.41, 5.74) is 0.0638. The Morgan fingerprint density at radius 2 is 2.39 bits per heavy atom. The Morgan fingerprint density at radius 1 is 1.61 bits per heavy atom. The van der Waals surface area contributed by atoms with Crippen LogP contribution in [0.25, 0.3) is 0 Å². The lowest BCUT2D eigenvalue weighted by atomic mass is 9.83. The van der Waals surface area contributed by atoms with Crippen LogP contribution in [0.2, 0.25) is 0 Å². The second-order valence-corrected chi connectivity index (χ2v) is 4.47. The first-order valence-electron chi connectivity index (χ1n) is 5.99. The Kier molecular flexibility index (Phi) is 3.72. The predicted octanol–water partition coefficient (Wildman–Crippen LogP) is 2.46. The molecule has 1 saturated carbocycles. The molecular weight excluding hydrogens is 232 g/mol. The lowest BCUT2D eigenvalue weighted by Crippen LogP contribution is -2.16. The van der Waals surface area contributed by atoms with E-state index in [1.165, 1.54) is 31.5 Å². The van der Waals surface area contributed by atoms with E-state index in [2.05, 4.69) is 10.3 Å². The summed E-state index contributed by atoms with van der Waals surface area (Å²) in [4.78, 5) is 14.0. The molecule has 1 aromatic heterocycles. The highest BCUT2D eigenvalue weighted by Gasteiger charge is 2.17. The highest BCUT2D eigenvalue weighted by atomic mass is 16.6. The second-order valence-electron chi connectivity index (χ2n) is 4.47. The molecule has 1 N–H and O–H groups in total. The standard InChI is InChI=1S/C12H14N4O2/c13-7-10-6-11(16(17)18)8-15-12(10)14-5-4-9-2-1-3-9/h6,8-9H,1-5H2,(H,14,15). The smallest absolute Gasteiger partial charge is 0.289 e. The van der Waals surface area contributed by atoms with Gasteiger partial charge in [-0.05, 0) is 12.3 Å². The summed E-state index contributed by atoms with van der Waals surface area (Å²) in [6, 6.07) is 3.18. The van der Waals surface area contributed by atoms with Crippen LogP contribution < -0.4 is 5.32 Å². The number of nitriles is 1. The Hall–Kier alpha value is -2.16. The van der Waals surface area contributed by atoms with Gasteiger partial charge < -0.3 is 5.32 Å². The van der Waals surface area contributed by atoms with Crippen molar-refractivity contribution in [2.75, 3.05) is 11.9 Å². The fraction of sp³-hybridized carbons (Fsp3) is 0.500. The molecule has 0 bridgehead atoms. The third-order valence-corrected chi connectivity index (χ3v) is 3.27. The zero-order chi connectivity index (χ0) is 13.0. The summed E-state index contributed by atoms with van der Waals surface area (Å²) in [6.45, 7) is 0.754. The largest absolute Gasteiger partial charge is 0.369 e. The minimum atomic E-state index is -0.550. The molecule has 0 amide bonds. The zero-order valence-corrected chi connectivity index (χ0v) is 9.93. The molecule has 0 aliphatic heterocycles. The van der Waals surface area contributed by atoms with E-state index in [4.69, 9.17) is 5.26 Å². The van der Waals surface area contributed by atoms with Gasteiger partial charge in [-0.15, -0.1) is 0 Å². The summed E-state index contributed by atoms with van der Waals surface area (Å²) in [5.74, 6) is 1.21. The van der Waals surface area contributed by atoms with Gasteiger partial charge in [-0.1, -0.05) is 19.3 Å². The van der Waals surface area contributed by atoms with Crippen molar-refractivity contribution in [1.29, 1.82) is 5.26 Å². The van der Waals surface area contributed by atoms with Gasteiger partial charge in [-0.25, -0.2) is 4.98 Å². The maximum Gasteiger partial charge on any atom is 0.289 e. The van der Waals surface area contributed by atoms with Gasteiger partial charge in [0.05, 0.1) is 4.92 Å². The fourth-order valence-corrected chi connectivity index (χ4v) is 1.96. The van der Waals surface area contributed by atoms with Crippen molar-refractivity contribution >= 4 is 11.5 Å². The van der Waals surface area contributed by atoms with Gasteiger partial charge in [-0.3, -0.25) is 10.1 Å². The SMILES string of the molecule is N#Cc1cc([N+](=O)[O-])cnc1NCCC1CCC1. The molecular formula is C12H14N4O2. The molecule has 0 aromatic carbocycles. The van der Waals surface area contributed by atoms with Crippen molar-refractivity contribution in [3.8, 4) is 6.07 Å². The Labute approximate surface area is 105 Å². The third-order valence-electron chi connectivity index (χ3n) is 3.27. The molecule has 1 fully saturated rings. The van der Waals surface area contributed by atoms with Crippen LogP contribution in [0.3, 0.4) is 0 Å². The molecule has 0 spiro atoms. The molecule has 6 heteroatoms. The first-order chi connectivity index (χ1) is 8.70. The lowest BCUT2D eigenvalue weighted by Gasteiger charge is -2.25.